The van der Waals surface area contributed by atoms with Gasteiger partial charge in [0.1, 0.15) is 5.76 Å². The van der Waals surface area contributed by atoms with Gasteiger partial charge in [-0.15, -0.1) is 0 Å². The molecule has 2 N–H and O–H groups in total. The Labute approximate surface area is 96.8 Å². The first-order chi connectivity index (χ1) is 7.81. The van der Waals surface area contributed by atoms with Gasteiger partial charge in [-0.2, -0.15) is 0 Å². The fourth-order valence-corrected chi connectivity index (χ4v) is 2.54. The summed E-state index contributed by atoms with van der Waals surface area (Å²) < 4.78 is 5.34. The van der Waals surface area contributed by atoms with E-state index in [4.69, 9.17) is 4.42 Å². The summed E-state index contributed by atoms with van der Waals surface area (Å²) in [4.78, 5) is 0. The van der Waals surface area contributed by atoms with E-state index in [1.807, 2.05) is 12.1 Å². The van der Waals surface area contributed by atoms with Crippen molar-refractivity contribution in [3.8, 4) is 0 Å². The molecule has 0 spiro atoms. The minimum Gasteiger partial charge on any atom is -0.468 e. The largest absolute Gasteiger partial charge is 0.468 e. The second-order valence-corrected chi connectivity index (χ2v) is 4.79. The topological polar surface area (TPSA) is 45.4 Å². The fourth-order valence-electron chi connectivity index (χ4n) is 2.54. The molecule has 3 nitrogen and oxygen atoms in total. The molecule has 90 valence electrons. The van der Waals surface area contributed by atoms with Crippen LogP contribution < -0.4 is 5.32 Å². The third kappa shape index (κ3) is 2.66. The quantitative estimate of drug-likeness (QED) is 0.824. The summed E-state index contributed by atoms with van der Waals surface area (Å²) in [6.07, 6.45) is 6.78. The lowest BCUT2D eigenvalue weighted by Crippen LogP contribution is -2.40. The molecule has 0 aliphatic heterocycles. The SMILES string of the molecule is CC1CCCCC1NC(CO)c1ccco1. The van der Waals surface area contributed by atoms with Crippen LogP contribution in [0.4, 0.5) is 0 Å². The Kier molecular flexibility index (Phi) is 4.02. The van der Waals surface area contributed by atoms with E-state index in [-0.39, 0.29) is 12.6 Å². The van der Waals surface area contributed by atoms with Crippen molar-refractivity contribution in [2.45, 2.75) is 44.7 Å². The van der Waals surface area contributed by atoms with Crippen molar-refractivity contribution in [2.75, 3.05) is 6.61 Å². The molecule has 3 unspecified atom stereocenters. The van der Waals surface area contributed by atoms with Gasteiger partial charge in [-0.3, -0.25) is 0 Å². The molecular weight excluding hydrogens is 202 g/mol. The molecule has 16 heavy (non-hydrogen) atoms. The molecule has 0 radical (unpaired) electrons. The molecule has 0 aromatic carbocycles. The van der Waals surface area contributed by atoms with Gasteiger partial charge in [-0.05, 0) is 30.9 Å². The normalized spacial score (nSPS) is 27.9. The van der Waals surface area contributed by atoms with Gasteiger partial charge in [-0.25, -0.2) is 0 Å². The summed E-state index contributed by atoms with van der Waals surface area (Å²) in [7, 11) is 0. The molecule has 1 saturated carbocycles. The summed E-state index contributed by atoms with van der Waals surface area (Å²) in [6.45, 7) is 2.38. The minimum absolute atomic E-state index is 0.0550. The minimum atomic E-state index is -0.0550. The maximum absolute atomic E-state index is 9.39. The maximum Gasteiger partial charge on any atom is 0.123 e. The molecule has 1 fully saturated rings. The molecular formula is C13H21NO2. The van der Waals surface area contributed by atoms with Crippen LogP contribution in [0.2, 0.25) is 0 Å². The maximum atomic E-state index is 9.39. The predicted molar refractivity (Wildman–Crippen MR) is 63.1 cm³/mol. The summed E-state index contributed by atoms with van der Waals surface area (Å²) in [5, 5.41) is 12.9. The van der Waals surface area contributed by atoms with E-state index in [1.165, 1.54) is 25.7 Å². The highest BCUT2D eigenvalue weighted by molar-refractivity contribution is 5.05. The summed E-state index contributed by atoms with van der Waals surface area (Å²) in [6, 6.07) is 4.24. The van der Waals surface area contributed by atoms with Gasteiger partial charge in [0, 0.05) is 6.04 Å². The van der Waals surface area contributed by atoms with Crippen molar-refractivity contribution in [1.29, 1.82) is 0 Å². The highest BCUT2D eigenvalue weighted by Crippen LogP contribution is 2.26. The first kappa shape index (κ1) is 11.7. The third-order valence-corrected chi connectivity index (χ3v) is 3.60. The Morgan fingerprint density at radius 1 is 1.50 bits per heavy atom. The summed E-state index contributed by atoms with van der Waals surface area (Å²) in [5.41, 5.74) is 0. The number of aliphatic hydroxyl groups is 1. The van der Waals surface area contributed by atoms with Crippen molar-refractivity contribution < 1.29 is 9.52 Å². The summed E-state index contributed by atoms with van der Waals surface area (Å²) in [5.74, 6) is 1.53. The van der Waals surface area contributed by atoms with Gasteiger partial charge in [0.05, 0.1) is 18.9 Å². The van der Waals surface area contributed by atoms with Crippen LogP contribution in [-0.4, -0.2) is 17.8 Å². The predicted octanol–water partition coefficient (Wildman–Crippen LogP) is 2.48. The lowest BCUT2D eigenvalue weighted by atomic mass is 9.85. The van der Waals surface area contributed by atoms with Crippen molar-refractivity contribution in [2.24, 2.45) is 5.92 Å². The molecule has 1 aliphatic carbocycles. The second-order valence-electron chi connectivity index (χ2n) is 4.79. The standard InChI is InChI=1S/C13H21NO2/c1-10-5-2-3-6-11(10)14-12(9-15)13-7-4-8-16-13/h4,7-8,10-12,14-15H,2-3,5-6,9H2,1H3. The lowest BCUT2D eigenvalue weighted by molar-refractivity contribution is 0.182. The Morgan fingerprint density at radius 3 is 2.94 bits per heavy atom. The fraction of sp³-hybridized carbons (Fsp3) is 0.692. The van der Waals surface area contributed by atoms with Crippen LogP contribution in [0.3, 0.4) is 0 Å². The van der Waals surface area contributed by atoms with Crippen LogP contribution in [0, 0.1) is 5.92 Å². The molecule has 0 amide bonds. The second kappa shape index (κ2) is 5.51. The van der Waals surface area contributed by atoms with Crippen LogP contribution in [0.15, 0.2) is 22.8 Å². The molecule has 1 aromatic rings. The van der Waals surface area contributed by atoms with Gasteiger partial charge >= 0.3 is 0 Å². The molecule has 2 rings (SSSR count). The molecule has 1 heterocycles. The van der Waals surface area contributed by atoms with Gasteiger partial charge in [0.15, 0.2) is 0 Å². The van der Waals surface area contributed by atoms with Gasteiger partial charge in [0.25, 0.3) is 0 Å². The van der Waals surface area contributed by atoms with Crippen LogP contribution >= 0.6 is 0 Å². The number of furan rings is 1. The molecule has 3 heteroatoms. The van der Waals surface area contributed by atoms with Gasteiger partial charge in [0.2, 0.25) is 0 Å². The highest BCUT2D eigenvalue weighted by atomic mass is 16.3. The zero-order valence-corrected chi connectivity index (χ0v) is 9.86. The average Bonchev–Trinajstić information content (AvgIpc) is 2.81. The van der Waals surface area contributed by atoms with Crippen LogP contribution in [-0.2, 0) is 0 Å². The van der Waals surface area contributed by atoms with E-state index in [1.54, 1.807) is 6.26 Å². The van der Waals surface area contributed by atoms with E-state index < -0.39 is 0 Å². The third-order valence-electron chi connectivity index (χ3n) is 3.60. The van der Waals surface area contributed by atoms with Gasteiger partial charge < -0.3 is 14.8 Å². The lowest BCUT2D eigenvalue weighted by Gasteiger charge is -2.32. The van der Waals surface area contributed by atoms with Crippen LogP contribution in [0.25, 0.3) is 0 Å². The first-order valence-corrected chi connectivity index (χ1v) is 6.21. The van der Waals surface area contributed by atoms with E-state index in [9.17, 15) is 5.11 Å². The Bertz CT molecular complexity index is 297. The molecule has 1 aliphatic rings. The smallest absolute Gasteiger partial charge is 0.123 e. The van der Waals surface area contributed by atoms with E-state index in [0.29, 0.717) is 12.0 Å². The van der Waals surface area contributed by atoms with Crippen molar-refractivity contribution >= 4 is 0 Å². The Hall–Kier alpha value is -0.800. The van der Waals surface area contributed by atoms with Crippen molar-refractivity contribution in [3.05, 3.63) is 24.2 Å². The van der Waals surface area contributed by atoms with Crippen molar-refractivity contribution in [1.82, 2.24) is 5.32 Å². The van der Waals surface area contributed by atoms with E-state index >= 15 is 0 Å². The van der Waals surface area contributed by atoms with Gasteiger partial charge in [-0.1, -0.05) is 19.8 Å². The number of rotatable bonds is 4. The molecule has 1 aromatic heterocycles. The monoisotopic (exact) mass is 223 g/mol. The Morgan fingerprint density at radius 2 is 2.31 bits per heavy atom. The molecule has 0 bridgehead atoms. The molecule has 3 atom stereocenters. The van der Waals surface area contributed by atoms with Crippen LogP contribution in [0.5, 0.6) is 0 Å². The summed E-state index contributed by atoms with van der Waals surface area (Å²) >= 11 is 0. The number of hydrogen-bond acceptors (Lipinski definition) is 3. The van der Waals surface area contributed by atoms with E-state index in [2.05, 4.69) is 12.2 Å². The van der Waals surface area contributed by atoms with E-state index in [0.717, 1.165) is 5.76 Å². The number of aliphatic hydroxyl groups excluding tert-OH is 1. The number of hydrogen-bond donors (Lipinski definition) is 2. The zero-order valence-electron chi connectivity index (χ0n) is 9.86. The van der Waals surface area contributed by atoms with Crippen LogP contribution in [0.1, 0.15) is 44.4 Å². The number of nitrogens with one attached hydrogen (secondary N) is 1. The highest BCUT2D eigenvalue weighted by Gasteiger charge is 2.25. The zero-order chi connectivity index (χ0) is 11.4. The average molecular weight is 223 g/mol. The van der Waals surface area contributed by atoms with Crippen molar-refractivity contribution in [3.63, 3.8) is 0 Å². The Balaban J connectivity index is 1.95. The molecule has 0 saturated heterocycles. The first-order valence-electron chi connectivity index (χ1n) is 6.21.